The molecular weight excluding hydrogens is 380 g/mol. The van der Waals surface area contributed by atoms with Gasteiger partial charge in [-0.15, -0.1) is 5.10 Å². The maximum Gasteiger partial charge on any atom is 0.229 e. The summed E-state index contributed by atoms with van der Waals surface area (Å²) in [5.41, 5.74) is 2.50. The Morgan fingerprint density at radius 2 is 1.97 bits per heavy atom. The highest BCUT2D eigenvalue weighted by atomic mass is 16.2. The molecule has 2 heterocycles. The molecule has 1 saturated heterocycles. The molecule has 154 valence electrons. The number of anilines is 1. The number of benzene rings is 2. The first-order valence-corrected chi connectivity index (χ1v) is 10.1. The Morgan fingerprint density at radius 3 is 2.73 bits per heavy atom. The monoisotopic (exact) mass is 404 g/mol. The van der Waals surface area contributed by atoms with Crippen LogP contribution in [-0.4, -0.2) is 50.0 Å². The van der Waals surface area contributed by atoms with Gasteiger partial charge in [-0.1, -0.05) is 42.5 Å². The lowest BCUT2D eigenvalue weighted by Crippen LogP contribution is -2.44. The van der Waals surface area contributed by atoms with Crippen LogP contribution in [0.15, 0.2) is 54.6 Å². The van der Waals surface area contributed by atoms with Crippen molar-refractivity contribution in [2.75, 3.05) is 18.4 Å². The van der Waals surface area contributed by atoms with Crippen molar-refractivity contribution in [3.8, 4) is 11.4 Å². The third-order valence-corrected chi connectivity index (χ3v) is 5.35. The van der Waals surface area contributed by atoms with Crippen molar-refractivity contribution in [2.45, 2.75) is 19.3 Å². The SMILES string of the molecule is Cn1nnnc1-c1cccc(NC(=O)C2CCCN(C(=O)Cc3ccccc3)C2)c1. The molecule has 1 atom stereocenters. The van der Waals surface area contributed by atoms with E-state index in [0.717, 1.165) is 24.0 Å². The first kappa shape index (κ1) is 19.8. The number of amides is 2. The van der Waals surface area contributed by atoms with Crippen LogP contribution in [0.5, 0.6) is 0 Å². The number of rotatable bonds is 5. The van der Waals surface area contributed by atoms with Gasteiger partial charge in [-0.05, 0) is 41.0 Å². The van der Waals surface area contributed by atoms with Crippen molar-refractivity contribution in [3.63, 3.8) is 0 Å². The van der Waals surface area contributed by atoms with Crippen LogP contribution in [0.4, 0.5) is 5.69 Å². The summed E-state index contributed by atoms with van der Waals surface area (Å²) >= 11 is 0. The Hall–Kier alpha value is -3.55. The fourth-order valence-electron chi connectivity index (χ4n) is 3.75. The van der Waals surface area contributed by atoms with Gasteiger partial charge in [-0.3, -0.25) is 9.59 Å². The van der Waals surface area contributed by atoms with Gasteiger partial charge in [0.1, 0.15) is 0 Å². The van der Waals surface area contributed by atoms with E-state index in [2.05, 4.69) is 20.8 Å². The smallest absolute Gasteiger partial charge is 0.229 e. The molecule has 1 unspecified atom stereocenters. The van der Waals surface area contributed by atoms with E-state index in [-0.39, 0.29) is 17.7 Å². The summed E-state index contributed by atoms with van der Waals surface area (Å²) in [6.45, 7) is 1.15. The second kappa shape index (κ2) is 8.86. The van der Waals surface area contributed by atoms with Gasteiger partial charge in [0.05, 0.1) is 12.3 Å². The Balaban J connectivity index is 1.39. The van der Waals surface area contributed by atoms with Crippen molar-refractivity contribution in [3.05, 3.63) is 60.2 Å². The lowest BCUT2D eigenvalue weighted by Gasteiger charge is -2.32. The van der Waals surface area contributed by atoms with Crippen LogP contribution in [0.3, 0.4) is 0 Å². The van der Waals surface area contributed by atoms with Crippen molar-refractivity contribution in [1.29, 1.82) is 0 Å². The van der Waals surface area contributed by atoms with Crippen LogP contribution >= 0.6 is 0 Å². The van der Waals surface area contributed by atoms with Gasteiger partial charge >= 0.3 is 0 Å². The van der Waals surface area contributed by atoms with Crippen LogP contribution in [0.25, 0.3) is 11.4 Å². The van der Waals surface area contributed by atoms with Gasteiger partial charge in [-0.2, -0.15) is 0 Å². The molecule has 2 aromatic carbocycles. The summed E-state index contributed by atoms with van der Waals surface area (Å²) in [6, 6.07) is 17.1. The largest absolute Gasteiger partial charge is 0.342 e. The average Bonchev–Trinajstić information content (AvgIpc) is 3.20. The molecule has 2 amide bonds. The molecule has 0 saturated carbocycles. The normalized spacial score (nSPS) is 16.3. The number of likely N-dealkylation sites (tertiary alicyclic amines) is 1. The summed E-state index contributed by atoms with van der Waals surface area (Å²) in [7, 11) is 1.77. The van der Waals surface area contributed by atoms with E-state index >= 15 is 0 Å². The van der Waals surface area contributed by atoms with Crippen LogP contribution in [-0.2, 0) is 23.1 Å². The second-order valence-electron chi connectivity index (χ2n) is 7.54. The van der Waals surface area contributed by atoms with Gasteiger partial charge in [0, 0.05) is 31.4 Å². The topological polar surface area (TPSA) is 93.0 Å². The second-order valence-corrected chi connectivity index (χ2v) is 7.54. The van der Waals surface area contributed by atoms with Crippen molar-refractivity contribution in [1.82, 2.24) is 25.1 Å². The van der Waals surface area contributed by atoms with E-state index in [1.807, 2.05) is 59.5 Å². The van der Waals surface area contributed by atoms with Gasteiger partial charge in [0.25, 0.3) is 0 Å². The Bertz CT molecular complexity index is 1030. The van der Waals surface area contributed by atoms with Gasteiger partial charge in [-0.25, -0.2) is 4.68 Å². The van der Waals surface area contributed by atoms with Gasteiger partial charge < -0.3 is 10.2 Å². The molecule has 4 rings (SSSR count). The molecule has 8 heteroatoms. The minimum atomic E-state index is -0.223. The van der Waals surface area contributed by atoms with E-state index in [1.54, 1.807) is 11.7 Å². The summed E-state index contributed by atoms with van der Waals surface area (Å²) in [5, 5.41) is 14.5. The summed E-state index contributed by atoms with van der Waals surface area (Å²) in [5.74, 6) is 0.399. The number of carbonyl (C=O) groups is 2. The number of aromatic nitrogens is 4. The molecule has 1 aliphatic heterocycles. The quantitative estimate of drug-likeness (QED) is 0.704. The van der Waals surface area contributed by atoms with Gasteiger partial charge in [0.15, 0.2) is 5.82 Å². The van der Waals surface area contributed by atoms with Crippen LogP contribution in [0.2, 0.25) is 0 Å². The first-order chi connectivity index (χ1) is 14.6. The molecule has 0 bridgehead atoms. The molecular formula is C22H24N6O2. The van der Waals surface area contributed by atoms with Crippen molar-refractivity contribution < 1.29 is 9.59 Å². The van der Waals surface area contributed by atoms with E-state index in [1.165, 1.54) is 0 Å². The van der Waals surface area contributed by atoms with E-state index in [4.69, 9.17) is 0 Å². The third-order valence-electron chi connectivity index (χ3n) is 5.35. The molecule has 0 spiro atoms. The minimum Gasteiger partial charge on any atom is -0.342 e. The lowest BCUT2D eigenvalue weighted by atomic mass is 9.96. The van der Waals surface area contributed by atoms with E-state index in [0.29, 0.717) is 31.0 Å². The standard InChI is InChI=1S/C22H24N6O2/c1-27-21(24-25-26-27)17-9-5-11-19(14-17)23-22(30)18-10-6-12-28(15-18)20(29)13-16-7-3-2-4-8-16/h2-5,7-9,11,14,18H,6,10,12-13,15H2,1H3,(H,23,30). The number of nitrogens with zero attached hydrogens (tertiary/aromatic N) is 5. The lowest BCUT2D eigenvalue weighted by molar-refractivity contribution is -0.133. The summed E-state index contributed by atoms with van der Waals surface area (Å²) in [6.07, 6.45) is 1.96. The predicted octanol–water partition coefficient (Wildman–Crippen LogP) is 2.30. The highest BCUT2D eigenvalue weighted by molar-refractivity contribution is 5.93. The minimum absolute atomic E-state index is 0.0653. The van der Waals surface area contributed by atoms with Crippen molar-refractivity contribution >= 4 is 17.5 Å². The summed E-state index contributed by atoms with van der Waals surface area (Å²) < 4.78 is 1.58. The number of piperidine rings is 1. The fraction of sp³-hybridized carbons (Fsp3) is 0.318. The van der Waals surface area contributed by atoms with E-state index < -0.39 is 0 Å². The maximum atomic E-state index is 12.9. The molecule has 1 aromatic heterocycles. The third kappa shape index (κ3) is 4.53. The van der Waals surface area contributed by atoms with Crippen LogP contribution in [0.1, 0.15) is 18.4 Å². The molecule has 30 heavy (non-hydrogen) atoms. The summed E-state index contributed by atoms with van der Waals surface area (Å²) in [4.78, 5) is 27.3. The number of tetrazole rings is 1. The predicted molar refractivity (Wildman–Crippen MR) is 112 cm³/mol. The van der Waals surface area contributed by atoms with Crippen LogP contribution in [0, 0.1) is 5.92 Å². The highest BCUT2D eigenvalue weighted by Gasteiger charge is 2.28. The number of hydrogen-bond donors (Lipinski definition) is 1. The number of aryl methyl sites for hydroxylation is 1. The van der Waals surface area contributed by atoms with Crippen LogP contribution < -0.4 is 5.32 Å². The number of hydrogen-bond acceptors (Lipinski definition) is 5. The molecule has 0 radical (unpaired) electrons. The number of nitrogens with one attached hydrogen (secondary N) is 1. The average molecular weight is 404 g/mol. The molecule has 1 fully saturated rings. The highest BCUT2D eigenvalue weighted by Crippen LogP contribution is 2.23. The Labute approximate surface area is 174 Å². The molecule has 8 nitrogen and oxygen atoms in total. The fourth-order valence-corrected chi connectivity index (χ4v) is 3.75. The van der Waals surface area contributed by atoms with Crippen molar-refractivity contribution in [2.24, 2.45) is 13.0 Å². The Kier molecular flexibility index (Phi) is 5.83. The van der Waals surface area contributed by atoms with Gasteiger partial charge in [0.2, 0.25) is 11.8 Å². The molecule has 1 N–H and O–H groups in total. The zero-order valence-electron chi connectivity index (χ0n) is 16.9. The molecule has 0 aliphatic carbocycles. The molecule has 3 aromatic rings. The Morgan fingerprint density at radius 1 is 1.13 bits per heavy atom. The maximum absolute atomic E-state index is 12.9. The van der Waals surface area contributed by atoms with E-state index in [9.17, 15) is 9.59 Å². The molecule has 1 aliphatic rings. The zero-order valence-corrected chi connectivity index (χ0v) is 16.9. The first-order valence-electron chi connectivity index (χ1n) is 10.1. The number of carbonyl (C=O) groups excluding carboxylic acids is 2. The zero-order chi connectivity index (χ0) is 20.9.